The summed E-state index contributed by atoms with van der Waals surface area (Å²) in [6.45, 7) is 6.41. The van der Waals surface area contributed by atoms with Gasteiger partial charge in [-0.2, -0.15) is 5.10 Å². The van der Waals surface area contributed by atoms with Gasteiger partial charge in [0.05, 0.1) is 12.2 Å². The third-order valence-corrected chi connectivity index (χ3v) is 3.38. The van der Waals surface area contributed by atoms with Gasteiger partial charge < -0.3 is 5.32 Å². The molecule has 0 radical (unpaired) electrons. The maximum absolute atomic E-state index is 11.8. The number of ketones is 1. The third-order valence-electron chi connectivity index (χ3n) is 2.90. The highest BCUT2D eigenvalue weighted by Gasteiger charge is 2.15. The molecule has 5 heteroatoms. The van der Waals surface area contributed by atoms with Gasteiger partial charge in [-0.1, -0.05) is 18.5 Å². The van der Waals surface area contributed by atoms with Crippen LogP contribution in [0.3, 0.4) is 0 Å². The molecule has 1 rings (SSSR count). The fourth-order valence-electron chi connectivity index (χ4n) is 1.57. The van der Waals surface area contributed by atoms with Crippen LogP contribution in [0.4, 0.5) is 0 Å². The lowest BCUT2D eigenvalue weighted by atomic mass is 10.1. The van der Waals surface area contributed by atoms with E-state index in [1.54, 1.807) is 11.7 Å². The molecule has 0 fully saturated rings. The molecule has 1 unspecified atom stereocenters. The molecule has 0 aromatic carbocycles. The SMILES string of the molecule is CCC(C)NCC(=O)Cc1c(C)nn(C)c1Cl. The second-order valence-corrected chi connectivity index (χ2v) is 4.74. The van der Waals surface area contributed by atoms with E-state index in [2.05, 4.69) is 24.3 Å². The predicted molar refractivity (Wildman–Crippen MR) is 69.4 cm³/mol. The summed E-state index contributed by atoms with van der Waals surface area (Å²) in [6, 6.07) is 0.365. The van der Waals surface area contributed by atoms with E-state index >= 15 is 0 Å². The Bertz CT molecular complexity index is 401. The van der Waals surface area contributed by atoms with E-state index in [4.69, 9.17) is 11.6 Å². The molecule has 1 aromatic heterocycles. The van der Waals surface area contributed by atoms with Crippen LogP contribution in [0.25, 0.3) is 0 Å². The van der Waals surface area contributed by atoms with E-state index in [9.17, 15) is 4.79 Å². The standard InChI is InChI=1S/C12H20ClN3O/c1-5-8(2)14-7-10(17)6-11-9(3)15-16(4)12(11)13/h8,14H,5-7H2,1-4H3. The number of nitrogens with one attached hydrogen (secondary N) is 1. The second-order valence-electron chi connectivity index (χ2n) is 4.38. The molecule has 17 heavy (non-hydrogen) atoms. The average molecular weight is 258 g/mol. The summed E-state index contributed by atoms with van der Waals surface area (Å²) in [5, 5.41) is 7.92. The molecule has 0 amide bonds. The van der Waals surface area contributed by atoms with E-state index < -0.39 is 0 Å². The Morgan fingerprint density at radius 2 is 2.24 bits per heavy atom. The van der Waals surface area contributed by atoms with Crippen LogP contribution >= 0.6 is 11.6 Å². The van der Waals surface area contributed by atoms with Crippen LogP contribution in [0.2, 0.25) is 5.15 Å². The molecule has 1 aromatic rings. The number of Topliss-reactive ketones (excluding diaryl/α,β-unsaturated/α-hetero) is 1. The lowest BCUT2D eigenvalue weighted by molar-refractivity contribution is -0.117. The number of carbonyl (C=O) groups is 1. The molecule has 0 aliphatic carbocycles. The molecule has 0 saturated heterocycles. The predicted octanol–water partition coefficient (Wildman–Crippen LogP) is 1.88. The number of rotatable bonds is 6. The molecule has 0 aliphatic heterocycles. The smallest absolute Gasteiger partial charge is 0.151 e. The molecule has 1 heterocycles. The van der Waals surface area contributed by atoms with Gasteiger partial charge in [-0.3, -0.25) is 9.48 Å². The van der Waals surface area contributed by atoms with Gasteiger partial charge in [-0.15, -0.1) is 0 Å². The van der Waals surface area contributed by atoms with Gasteiger partial charge >= 0.3 is 0 Å². The number of carbonyl (C=O) groups excluding carboxylic acids is 1. The summed E-state index contributed by atoms with van der Waals surface area (Å²) in [5.74, 6) is 0.142. The molecule has 1 atom stereocenters. The van der Waals surface area contributed by atoms with Crippen LogP contribution in [0, 0.1) is 6.92 Å². The first-order valence-corrected chi connectivity index (χ1v) is 6.26. The van der Waals surface area contributed by atoms with Crippen LogP contribution < -0.4 is 5.32 Å². The van der Waals surface area contributed by atoms with Gasteiger partial charge in [-0.25, -0.2) is 0 Å². The van der Waals surface area contributed by atoms with Crippen LogP contribution in [0.15, 0.2) is 0 Å². The minimum Gasteiger partial charge on any atom is -0.307 e. The summed E-state index contributed by atoms with van der Waals surface area (Å²) in [4.78, 5) is 11.8. The quantitative estimate of drug-likeness (QED) is 0.847. The summed E-state index contributed by atoms with van der Waals surface area (Å²) in [6.07, 6.45) is 1.36. The molecular formula is C12H20ClN3O. The maximum atomic E-state index is 11.8. The number of hydrogen-bond donors (Lipinski definition) is 1. The first kappa shape index (κ1) is 14.2. The second kappa shape index (κ2) is 6.17. The zero-order chi connectivity index (χ0) is 13.0. The minimum absolute atomic E-state index is 0.142. The molecular weight excluding hydrogens is 238 g/mol. The van der Waals surface area contributed by atoms with Crippen molar-refractivity contribution in [1.29, 1.82) is 0 Å². The van der Waals surface area contributed by atoms with E-state index in [0.29, 0.717) is 24.2 Å². The Kier molecular flexibility index (Phi) is 5.15. The lowest BCUT2D eigenvalue weighted by Gasteiger charge is -2.10. The molecule has 1 N–H and O–H groups in total. The van der Waals surface area contributed by atoms with Crippen molar-refractivity contribution in [3.63, 3.8) is 0 Å². The molecule has 0 saturated carbocycles. The molecule has 0 bridgehead atoms. The molecule has 96 valence electrons. The summed E-state index contributed by atoms with van der Waals surface area (Å²) < 4.78 is 1.60. The largest absolute Gasteiger partial charge is 0.307 e. The van der Waals surface area contributed by atoms with Crippen molar-refractivity contribution in [2.75, 3.05) is 6.54 Å². The lowest BCUT2D eigenvalue weighted by Crippen LogP contribution is -2.31. The minimum atomic E-state index is 0.142. The Morgan fingerprint density at radius 1 is 1.59 bits per heavy atom. The van der Waals surface area contributed by atoms with Crippen LogP contribution in [-0.4, -0.2) is 28.2 Å². The number of aryl methyl sites for hydroxylation is 2. The highest BCUT2D eigenvalue weighted by Crippen LogP contribution is 2.19. The zero-order valence-corrected chi connectivity index (χ0v) is 11.6. The fraction of sp³-hybridized carbons (Fsp3) is 0.667. The number of nitrogens with zero attached hydrogens (tertiary/aromatic N) is 2. The zero-order valence-electron chi connectivity index (χ0n) is 10.9. The Morgan fingerprint density at radius 3 is 2.71 bits per heavy atom. The number of halogens is 1. The van der Waals surface area contributed by atoms with E-state index in [1.807, 2.05) is 6.92 Å². The summed E-state index contributed by atoms with van der Waals surface area (Å²) in [5.41, 5.74) is 1.67. The highest BCUT2D eigenvalue weighted by atomic mass is 35.5. The van der Waals surface area contributed by atoms with E-state index in [0.717, 1.165) is 17.7 Å². The van der Waals surface area contributed by atoms with Gasteiger partial charge in [0.25, 0.3) is 0 Å². The van der Waals surface area contributed by atoms with Crippen molar-refractivity contribution in [3.05, 3.63) is 16.4 Å². The van der Waals surface area contributed by atoms with E-state index in [1.165, 1.54) is 0 Å². The molecule has 0 spiro atoms. The topological polar surface area (TPSA) is 46.9 Å². The summed E-state index contributed by atoms with van der Waals surface area (Å²) >= 11 is 6.08. The van der Waals surface area contributed by atoms with E-state index in [-0.39, 0.29) is 5.78 Å². The Balaban J connectivity index is 2.56. The molecule has 4 nitrogen and oxygen atoms in total. The van der Waals surface area contributed by atoms with Gasteiger partial charge in [0.1, 0.15) is 5.15 Å². The molecule has 0 aliphatic rings. The highest BCUT2D eigenvalue weighted by molar-refractivity contribution is 6.30. The number of aromatic nitrogens is 2. The van der Waals surface area contributed by atoms with Crippen molar-refractivity contribution in [1.82, 2.24) is 15.1 Å². The van der Waals surface area contributed by atoms with Gasteiger partial charge in [-0.05, 0) is 20.3 Å². The van der Waals surface area contributed by atoms with Crippen molar-refractivity contribution in [2.45, 2.75) is 39.7 Å². The number of hydrogen-bond acceptors (Lipinski definition) is 3. The Labute approximate surface area is 107 Å². The average Bonchev–Trinajstić information content (AvgIpc) is 2.53. The van der Waals surface area contributed by atoms with Crippen molar-refractivity contribution in [2.24, 2.45) is 7.05 Å². The van der Waals surface area contributed by atoms with Gasteiger partial charge in [0.15, 0.2) is 5.78 Å². The van der Waals surface area contributed by atoms with Crippen molar-refractivity contribution in [3.8, 4) is 0 Å². The monoisotopic (exact) mass is 257 g/mol. The van der Waals surface area contributed by atoms with Crippen molar-refractivity contribution >= 4 is 17.4 Å². The first-order valence-electron chi connectivity index (χ1n) is 5.88. The van der Waals surface area contributed by atoms with Gasteiger partial charge in [0, 0.05) is 25.1 Å². The van der Waals surface area contributed by atoms with Gasteiger partial charge in [0.2, 0.25) is 0 Å². The van der Waals surface area contributed by atoms with Crippen LogP contribution in [0.1, 0.15) is 31.5 Å². The Hall–Kier alpha value is -0.870. The van der Waals surface area contributed by atoms with Crippen LogP contribution in [0.5, 0.6) is 0 Å². The van der Waals surface area contributed by atoms with Crippen LogP contribution in [-0.2, 0) is 18.3 Å². The summed E-state index contributed by atoms with van der Waals surface area (Å²) in [7, 11) is 1.78. The first-order chi connectivity index (χ1) is 7.95. The maximum Gasteiger partial charge on any atom is 0.151 e. The normalized spacial score (nSPS) is 12.8. The van der Waals surface area contributed by atoms with Crippen molar-refractivity contribution < 1.29 is 4.79 Å². The third kappa shape index (κ3) is 3.82. The fourth-order valence-corrected chi connectivity index (χ4v) is 1.81.